The van der Waals surface area contributed by atoms with Gasteiger partial charge in [0.1, 0.15) is 23.7 Å². The Morgan fingerprint density at radius 1 is 1.23 bits per heavy atom. The van der Waals surface area contributed by atoms with E-state index in [0.29, 0.717) is 22.9 Å². The Morgan fingerprint density at radius 2 is 1.97 bits per heavy atom. The fourth-order valence-electron chi connectivity index (χ4n) is 3.12. The number of para-hydroxylation sites is 1. The molecule has 1 unspecified atom stereocenters. The molecule has 1 N–H and O–H groups in total. The maximum atomic E-state index is 12.6. The van der Waals surface area contributed by atoms with E-state index in [1.54, 1.807) is 24.3 Å². The van der Waals surface area contributed by atoms with Crippen molar-refractivity contribution in [3.8, 4) is 0 Å². The Kier molecular flexibility index (Phi) is 6.68. The molecule has 0 bridgehead atoms. The number of fused-ring (bicyclic) bond motifs is 3. The Morgan fingerprint density at radius 3 is 2.68 bits per heavy atom. The summed E-state index contributed by atoms with van der Waals surface area (Å²) in [6.07, 6.45) is 1.61. The lowest BCUT2D eigenvalue weighted by Crippen LogP contribution is -2.44. The summed E-state index contributed by atoms with van der Waals surface area (Å²) in [5.74, 6) is -1.90. The molecule has 1 aromatic carbocycles. The lowest BCUT2D eigenvalue weighted by Gasteiger charge is -2.18. The number of nitrogens with zero attached hydrogens (tertiary/aromatic N) is 2. The van der Waals surface area contributed by atoms with Gasteiger partial charge in [-0.15, -0.1) is 0 Å². The smallest absolute Gasteiger partial charge is 0.328 e. The number of methoxy groups -OCH3 is 1. The molecule has 0 saturated heterocycles. The van der Waals surface area contributed by atoms with Crippen LogP contribution in [0.3, 0.4) is 0 Å². The number of benzene rings is 1. The molecule has 3 rings (SSSR count). The van der Waals surface area contributed by atoms with Gasteiger partial charge in [0, 0.05) is 5.39 Å². The molecule has 10 heteroatoms. The molecule has 0 aliphatic carbocycles. The van der Waals surface area contributed by atoms with Crippen LogP contribution in [0.4, 0.5) is 0 Å². The third-order valence-electron chi connectivity index (χ3n) is 4.54. The van der Waals surface area contributed by atoms with Gasteiger partial charge in [0.25, 0.3) is 11.5 Å². The number of rotatable bonds is 8. The third-order valence-corrected chi connectivity index (χ3v) is 4.54. The van der Waals surface area contributed by atoms with E-state index in [2.05, 4.69) is 15.0 Å². The fourth-order valence-corrected chi connectivity index (χ4v) is 3.12. The minimum atomic E-state index is -0.835. The predicted molar refractivity (Wildman–Crippen MR) is 110 cm³/mol. The molecule has 0 fully saturated rings. The summed E-state index contributed by atoms with van der Waals surface area (Å²) in [7, 11) is 1.23. The lowest BCUT2D eigenvalue weighted by atomic mass is 10.0. The number of furan rings is 1. The Hall–Kier alpha value is -3.69. The average molecular weight is 429 g/mol. The van der Waals surface area contributed by atoms with E-state index in [9.17, 15) is 19.2 Å². The van der Waals surface area contributed by atoms with Gasteiger partial charge in [0.15, 0.2) is 6.61 Å². The van der Waals surface area contributed by atoms with Crippen molar-refractivity contribution in [3.05, 3.63) is 40.9 Å². The molecular formula is C21H23N3O7. The quantitative estimate of drug-likeness (QED) is 0.532. The highest BCUT2D eigenvalue weighted by Gasteiger charge is 2.23. The molecule has 0 aliphatic heterocycles. The number of hydrogen-bond acceptors (Lipinski definition) is 8. The van der Waals surface area contributed by atoms with Crippen LogP contribution in [0.2, 0.25) is 0 Å². The van der Waals surface area contributed by atoms with Crippen LogP contribution >= 0.6 is 0 Å². The van der Waals surface area contributed by atoms with Gasteiger partial charge in [-0.05, 0) is 24.5 Å². The monoisotopic (exact) mass is 429 g/mol. The van der Waals surface area contributed by atoms with Crippen LogP contribution in [0.15, 0.2) is 39.8 Å². The van der Waals surface area contributed by atoms with Crippen LogP contribution in [0.5, 0.6) is 0 Å². The van der Waals surface area contributed by atoms with Gasteiger partial charge in [0.2, 0.25) is 5.58 Å². The molecule has 2 aromatic heterocycles. The van der Waals surface area contributed by atoms with Crippen LogP contribution < -0.4 is 10.9 Å². The van der Waals surface area contributed by atoms with Crippen molar-refractivity contribution in [3.63, 3.8) is 0 Å². The molecular weight excluding hydrogens is 406 g/mol. The molecule has 2 heterocycles. The first-order chi connectivity index (χ1) is 14.8. The maximum Gasteiger partial charge on any atom is 0.328 e. The first kappa shape index (κ1) is 22.0. The number of aromatic nitrogens is 2. The maximum absolute atomic E-state index is 12.6. The average Bonchev–Trinajstić information content (AvgIpc) is 3.12. The molecule has 0 spiro atoms. The van der Waals surface area contributed by atoms with Gasteiger partial charge in [-0.3, -0.25) is 19.0 Å². The van der Waals surface area contributed by atoms with Crippen LogP contribution in [-0.2, 0) is 30.4 Å². The molecule has 0 saturated carbocycles. The second-order valence-electron chi connectivity index (χ2n) is 7.39. The number of carbonyl (C=O) groups excluding carboxylic acids is 3. The minimum absolute atomic E-state index is 0.0313. The summed E-state index contributed by atoms with van der Waals surface area (Å²) in [6.45, 7) is 2.75. The molecule has 1 atom stereocenters. The summed E-state index contributed by atoms with van der Waals surface area (Å²) in [6, 6.07) is 6.25. The molecule has 164 valence electrons. The van der Waals surface area contributed by atoms with Crippen molar-refractivity contribution >= 4 is 39.9 Å². The zero-order valence-electron chi connectivity index (χ0n) is 17.4. The van der Waals surface area contributed by atoms with Crippen LogP contribution in [0, 0.1) is 5.92 Å². The van der Waals surface area contributed by atoms with E-state index in [4.69, 9.17) is 9.15 Å². The third kappa shape index (κ3) is 5.08. The first-order valence-electron chi connectivity index (χ1n) is 9.69. The van der Waals surface area contributed by atoms with E-state index in [1.807, 2.05) is 13.8 Å². The zero-order chi connectivity index (χ0) is 22.5. The van der Waals surface area contributed by atoms with E-state index in [0.717, 1.165) is 4.57 Å². The Labute approximate surface area is 177 Å². The topological polar surface area (TPSA) is 130 Å². The fraction of sp³-hybridized carbons (Fsp3) is 0.381. The molecule has 31 heavy (non-hydrogen) atoms. The van der Waals surface area contributed by atoms with Crippen molar-refractivity contribution in [2.75, 3.05) is 13.7 Å². The van der Waals surface area contributed by atoms with Gasteiger partial charge >= 0.3 is 11.9 Å². The van der Waals surface area contributed by atoms with Crippen LogP contribution in [-0.4, -0.2) is 47.2 Å². The summed E-state index contributed by atoms with van der Waals surface area (Å²) in [4.78, 5) is 52.8. The number of nitrogens with one attached hydrogen (secondary N) is 1. The van der Waals surface area contributed by atoms with E-state index >= 15 is 0 Å². The Balaban J connectivity index is 1.63. The number of esters is 2. The van der Waals surface area contributed by atoms with Crippen LogP contribution in [0.1, 0.15) is 20.3 Å². The summed E-state index contributed by atoms with van der Waals surface area (Å²) in [5.41, 5.74) is 0.415. The normalized spacial score (nSPS) is 12.1. The standard InChI is InChI=1S/C21H23N3O7/c1-12(2)8-14(21(28)29-3)23-16(25)10-30-17(26)9-24-11-22-18-13-6-4-5-7-15(13)31-19(18)20(24)27/h4-7,11-12,14H,8-10H2,1-3H3,(H,23,25). The van der Waals surface area contributed by atoms with Gasteiger partial charge in [0.05, 0.1) is 13.4 Å². The van der Waals surface area contributed by atoms with Crippen molar-refractivity contribution in [2.45, 2.75) is 32.9 Å². The largest absolute Gasteiger partial charge is 0.467 e. The number of carbonyl (C=O) groups is 3. The first-order valence-corrected chi connectivity index (χ1v) is 9.69. The number of amides is 1. The second-order valence-corrected chi connectivity index (χ2v) is 7.39. The SMILES string of the molecule is COC(=O)C(CC(C)C)NC(=O)COC(=O)Cn1cnc2c(oc3ccccc32)c1=O. The van der Waals surface area contributed by atoms with Crippen molar-refractivity contribution < 1.29 is 28.3 Å². The minimum Gasteiger partial charge on any atom is -0.467 e. The van der Waals surface area contributed by atoms with Crippen LogP contribution in [0.25, 0.3) is 22.1 Å². The molecule has 0 aliphatic rings. The lowest BCUT2D eigenvalue weighted by molar-refractivity contribution is -0.151. The highest BCUT2D eigenvalue weighted by Crippen LogP contribution is 2.23. The predicted octanol–water partition coefficient (Wildman–Crippen LogP) is 1.39. The zero-order valence-corrected chi connectivity index (χ0v) is 17.4. The summed E-state index contributed by atoms with van der Waals surface area (Å²) >= 11 is 0. The van der Waals surface area contributed by atoms with Gasteiger partial charge < -0.3 is 19.2 Å². The molecule has 0 radical (unpaired) electrons. The van der Waals surface area contributed by atoms with Gasteiger partial charge in [-0.25, -0.2) is 9.78 Å². The number of ether oxygens (including phenoxy) is 2. The van der Waals surface area contributed by atoms with E-state index in [1.165, 1.54) is 13.4 Å². The highest BCUT2D eigenvalue weighted by atomic mass is 16.5. The van der Waals surface area contributed by atoms with E-state index in [-0.39, 0.29) is 11.5 Å². The highest BCUT2D eigenvalue weighted by molar-refractivity contribution is 6.01. The summed E-state index contributed by atoms with van der Waals surface area (Å²) < 4.78 is 16.2. The summed E-state index contributed by atoms with van der Waals surface area (Å²) in [5, 5.41) is 3.18. The van der Waals surface area contributed by atoms with Gasteiger partial charge in [-0.2, -0.15) is 0 Å². The second kappa shape index (κ2) is 9.41. The van der Waals surface area contributed by atoms with E-state index < -0.39 is 42.6 Å². The number of hydrogen-bond donors (Lipinski definition) is 1. The molecule has 10 nitrogen and oxygen atoms in total. The van der Waals surface area contributed by atoms with Crippen molar-refractivity contribution in [1.82, 2.24) is 14.9 Å². The van der Waals surface area contributed by atoms with Gasteiger partial charge in [-0.1, -0.05) is 26.0 Å². The molecule has 3 aromatic rings. The van der Waals surface area contributed by atoms with Crippen molar-refractivity contribution in [1.29, 1.82) is 0 Å². The molecule has 1 amide bonds. The van der Waals surface area contributed by atoms with Crippen molar-refractivity contribution in [2.24, 2.45) is 5.92 Å². The Bertz CT molecular complexity index is 1180.